The number of rotatable bonds is 6. The van der Waals surface area contributed by atoms with E-state index < -0.39 is 0 Å². The Morgan fingerprint density at radius 2 is 2.00 bits per heavy atom. The molecule has 0 radical (unpaired) electrons. The van der Waals surface area contributed by atoms with Crippen molar-refractivity contribution < 1.29 is 0 Å². The third-order valence-electron chi connectivity index (χ3n) is 3.35. The van der Waals surface area contributed by atoms with E-state index in [1.54, 1.807) is 0 Å². The molecule has 1 atom stereocenters. The molecule has 0 spiro atoms. The molecule has 1 aliphatic carbocycles. The Kier molecular flexibility index (Phi) is 4.25. The van der Waals surface area contributed by atoms with E-state index in [1.165, 1.54) is 24.8 Å². The molecule has 1 aromatic rings. The summed E-state index contributed by atoms with van der Waals surface area (Å²) < 4.78 is 0. The molecule has 1 aliphatic rings. The maximum Gasteiger partial charge on any atom is 0.0406 e. The zero-order chi connectivity index (χ0) is 11.4. The third-order valence-corrected chi connectivity index (χ3v) is 3.60. The predicted molar refractivity (Wildman–Crippen MR) is 70.0 cm³/mol. The molecule has 0 saturated heterocycles. The van der Waals surface area contributed by atoms with Gasteiger partial charge >= 0.3 is 0 Å². The first-order valence-corrected chi connectivity index (χ1v) is 6.61. The second-order valence-electron chi connectivity index (χ2n) is 4.81. The molecule has 1 unspecified atom stereocenters. The Balaban J connectivity index is 1.62. The van der Waals surface area contributed by atoms with E-state index in [0.29, 0.717) is 6.04 Å². The molecule has 0 aliphatic heterocycles. The summed E-state index contributed by atoms with van der Waals surface area (Å²) in [7, 11) is 0. The van der Waals surface area contributed by atoms with Crippen LogP contribution in [0.15, 0.2) is 24.3 Å². The minimum absolute atomic E-state index is 0.713. The van der Waals surface area contributed by atoms with Gasteiger partial charge in [-0.3, -0.25) is 0 Å². The van der Waals surface area contributed by atoms with E-state index in [-0.39, 0.29) is 0 Å². The van der Waals surface area contributed by atoms with Gasteiger partial charge in [0.05, 0.1) is 0 Å². The van der Waals surface area contributed by atoms with Gasteiger partial charge in [0.1, 0.15) is 0 Å². The highest BCUT2D eigenvalue weighted by molar-refractivity contribution is 6.30. The molecular weight excluding hydrogens is 218 g/mol. The van der Waals surface area contributed by atoms with E-state index in [9.17, 15) is 0 Å². The van der Waals surface area contributed by atoms with Crippen LogP contribution in [0, 0.1) is 5.92 Å². The predicted octanol–water partition coefficient (Wildman–Crippen LogP) is 3.66. The van der Waals surface area contributed by atoms with Crippen LogP contribution in [0.25, 0.3) is 0 Å². The average Bonchev–Trinajstić information content (AvgIpc) is 3.10. The Morgan fingerprint density at radius 1 is 1.31 bits per heavy atom. The van der Waals surface area contributed by atoms with E-state index in [4.69, 9.17) is 11.6 Å². The fourth-order valence-corrected chi connectivity index (χ4v) is 2.16. The van der Waals surface area contributed by atoms with Gasteiger partial charge in [-0.25, -0.2) is 0 Å². The lowest BCUT2D eigenvalue weighted by Gasteiger charge is -2.12. The van der Waals surface area contributed by atoms with Crippen molar-refractivity contribution in [3.05, 3.63) is 34.9 Å². The van der Waals surface area contributed by atoms with E-state index in [2.05, 4.69) is 24.4 Å². The first-order chi connectivity index (χ1) is 7.75. The molecule has 0 bridgehead atoms. The van der Waals surface area contributed by atoms with Crippen LogP contribution < -0.4 is 5.32 Å². The van der Waals surface area contributed by atoms with Gasteiger partial charge in [0.2, 0.25) is 0 Å². The molecule has 88 valence electrons. The van der Waals surface area contributed by atoms with Crippen molar-refractivity contribution in [2.75, 3.05) is 6.54 Å². The van der Waals surface area contributed by atoms with Crippen LogP contribution in [0.3, 0.4) is 0 Å². The highest BCUT2D eigenvalue weighted by Crippen LogP contribution is 2.32. The minimum atomic E-state index is 0.713. The van der Waals surface area contributed by atoms with Gasteiger partial charge in [-0.05, 0) is 62.8 Å². The molecule has 0 heterocycles. The zero-order valence-electron chi connectivity index (χ0n) is 9.88. The van der Waals surface area contributed by atoms with Gasteiger partial charge < -0.3 is 5.32 Å². The summed E-state index contributed by atoms with van der Waals surface area (Å²) in [5.74, 6) is 0.954. The van der Waals surface area contributed by atoms with E-state index in [0.717, 1.165) is 23.9 Å². The molecule has 2 heteroatoms. The van der Waals surface area contributed by atoms with Gasteiger partial charge in [0, 0.05) is 11.1 Å². The SMILES string of the molecule is CC(NCCCc1ccc(Cl)cc1)C1CC1. The van der Waals surface area contributed by atoms with Gasteiger partial charge in [0.15, 0.2) is 0 Å². The van der Waals surface area contributed by atoms with Crippen LogP contribution in [0.5, 0.6) is 0 Å². The van der Waals surface area contributed by atoms with Crippen molar-refractivity contribution in [1.29, 1.82) is 0 Å². The maximum atomic E-state index is 5.84. The van der Waals surface area contributed by atoms with Crippen molar-refractivity contribution >= 4 is 11.6 Å². The molecule has 1 N–H and O–H groups in total. The molecule has 2 rings (SSSR count). The van der Waals surface area contributed by atoms with Crippen LogP contribution in [-0.4, -0.2) is 12.6 Å². The lowest BCUT2D eigenvalue weighted by molar-refractivity contribution is 0.490. The second kappa shape index (κ2) is 5.70. The molecule has 16 heavy (non-hydrogen) atoms. The van der Waals surface area contributed by atoms with E-state index >= 15 is 0 Å². The molecule has 0 aromatic heterocycles. The van der Waals surface area contributed by atoms with Gasteiger partial charge in [-0.1, -0.05) is 23.7 Å². The van der Waals surface area contributed by atoms with Crippen molar-refractivity contribution in [2.24, 2.45) is 5.92 Å². The Labute approximate surface area is 103 Å². The Hall–Kier alpha value is -0.530. The monoisotopic (exact) mass is 237 g/mol. The average molecular weight is 238 g/mol. The quantitative estimate of drug-likeness (QED) is 0.745. The number of benzene rings is 1. The van der Waals surface area contributed by atoms with Crippen LogP contribution in [-0.2, 0) is 6.42 Å². The summed E-state index contributed by atoms with van der Waals surface area (Å²) in [6, 6.07) is 8.89. The number of aryl methyl sites for hydroxylation is 1. The molecule has 1 saturated carbocycles. The first-order valence-electron chi connectivity index (χ1n) is 6.23. The van der Waals surface area contributed by atoms with Gasteiger partial charge in [-0.2, -0.15) is 0 Å². The van der Waals surface area contributed by atoms with Crippen LogP contribution in [0.1, 0.15) is 31.7 Å². The maximum absolute atomic E-state index is 5.84. The summed E-state index contributed by atoms with van der Waals surface area (Å²) in [6.45, 7) is 3.43. The van der Waals surface area contributed by atoms with Crippen LogP contribution in [0.4, 0.5) is 0 Å². The first kappa shape index (κ1) is 11.9. The number of halogens is 1. The van der Waals surface area contributed by atoms with Crippen molar-refractivity contribution in [2.45, 2.75) is 38.6 Å². The molecule has 0 amide bonds. The molecule has 1 nitrogen and oxygen atoms in total. The highest BCUT2D eigenvalue weighted by Gasteiger charge is 2.26. The Bertz CT molecular complexity index is 316. The lowest BCUT2D eigenvalue weighted by Crippen LogP contribution is -2.28. The zero-order valence-corrected chi connectivity index (χ0v) is 10.6. The molecule has 1 aromatic carbocycles. The highest BCUT2D eigenvalue weighted by atomic mass is 35.5. The summed E-state index contributed by atoms with van der Waals surface area (Å²) >= 11 is 5.84. The van der Waals surface area contributed by atoms with Gasteiger partial charge in [-0.15, -0.1) is 0 Å². The van der Waals surface area contributed by atoms with Crippen LogP contribution in [0.2, 0.25) is 5.02 Å². The molecule has 1 fully saturated rings. The summed E-state index contributed by atoms with van der Waals surface area (Å²) in [5.41, 5.74) is 1.38. The van der Waals surface area contributed by atoms with Crippen LogP contribution >= 0.6 is 11.6 Å². The van der Waals surface area contributed by atoms with Crippen molar-refractivity contribution in [1.82, 2.24) is 5.32 Å². The fraction of sp³-hybridized carbons (Fsp3) is 0.571. The summed E-state index contributed by atoms with van der Waals surface area (Å²) in [4.78, 5) is 0. The summed E-state index contributed by atoms with van der Waals surface area (Å²) in [5, 5.41) is 4.42. The third kappa shape index (κ3) is 3.80. The van der Waals surface area contributed by atoms with E-state index in [1.807, 2.05) is 12.1 Å². The summed E-state index contributed by atoms with van der Waals surface area (Å²) in [6.07, 6.45) is 5.19. The standard InChI is InChI=1S/C14H20ClN/c1-11(13-6-7-13)16-10-2-3-12-4-8-14(15)9-5-12/h4-5,8-9,11,13,16H,2-3,6-7,10H2,1H3. The fourth-order valence-electron chi connectivity index (χ4n) is 2.04. The van der Waals surface area contributed by atoms with Crippen molar-refractivity contribution in [3.8, 4) is 0 Å². The normalized spacial score (nSPS) is 17.4. The van der Waals surface area contributed by atoms with Gasteiger partial charge in [0.25, 0.3) is 0 Å². The number of nitrogens with one attached hydrogen (secondary N) is 1. The second-order valence-corrected chi connectivity index (χ2v) is 5.25. The lowest BCUT2D eigenvalue weighted by atomic mass is 10.1. The number of hydrogen-bond donors (Lipinski definition) is 1. The Morgan fingerprint density at radius 3 is 2.62 bits per heavy atom. The molecular formula is C14H20ClN. The topological polar surface area (TPSA) is 12.0 Å². The largest absolute Gasteiger partial charge is 0.314 e. The smallest absolute Gasteiger partial charge is 0.0406 e. The van der Waals surface area contributed by atoms with Crippen molar-refractivity contribution in [3.63, 3.8) is 0 Å². The number of hydrogen-bond acceptors (Lipinski definition) is 1. The minimum Gasteiger partial charge on any atom is -0.314 e.